The lowest BCUT2D eigenvalue weighted by atomic mass is 10.0. The molecule has 0 fully saturated rings. The van der Waals surface area contributed by atoms with Crippen LogP contribution in [-0.2, 0) is 0 Å². The van der Waals surface area contributed by atoms with Gasteiger partial charge in [0.15, 0.2) is 23.3 Å². The zero-order valence-corrected chi connectivity index (χ0v) is 9.79. The van der Waals surface area contributed by atoms with Crippen molar-refractivity contribution in [2.75, 3.05) is 0 Å². The normalized spacial score (nSPS) is 12.6. The Bertz CT molecular complexity index is 445. The SMILES string of the molecule is C=C(Br)CC(O)c1c(F)c(F)c(F)c(F)c1F. The molecule has 0 aromatic heterocycles. The Hall–Kier alpha value is -0.950. The highest BCUT2D eigenvalue weighted by molar-refractivity contribution is 9.11. The van der Waals surface area contributed by atoms with Gasteiger partial charge in [0, 0.05) is 6.42 Å². The van der Waals surface area contributed by atoms with Gasteiger partial charge >= 0.3 is 0 Å². The first-order chi connectivity index (χ1) is 7.77. The Kier molecular flexibility index (Phi) is 4.26. The van der Waals surface area contributed by atoms with E-state index in [0.717, 1.165) is 0 Å². The minimum atomic E-state index is -2.26. The molecule has 1 aromatic rings. The lowest BCUT2D eigenvalue weighted by molar-refractivity contribution is 0.166. The van der Waals surface area contributed by atoms with E-state index in [1.54, 1.807) is 0 Å². The van der Waals surface area contributed by atoms with Crippen LogP contribution < -0.4 is 0 Å². The van der Waals surface area contributed by atoms with Crippen LogP contribution in [0, 0.1) is 29.1 Å². The molecule has 0 aliphatic carbocycles. The average molecular weight is 317 g/mol. The highest BCUT2D eigenvalue weighted by atomic mass is 79.9. The van der Waals surface area contributed by atoms with Crippen molar-refractivity contribution in [2.45, 2.75) is 12.5 Å². The maximum Gasteiger partial charge on any atom is 0.200 e. The molecule has 94 valence electrons. The third-order valence-electron chi connectivity index (χ3n) is 1.99. The molecule has 1 unspecified atom stereocenters. The summed E-state index contributed by atoms with van der Waals surface area (Å²) < 4.78 is 64.8. The lowest BCUT2D eigenvalue weighted by Gasteiger charge is -2.13. The molecule has 1 atom stereocenters. The predicted octanol–water partition coefficient (Wildman–Crippen LogP) is 3.71. The number of aliphatic hydroxyl groups excluding tert-OH is 1. The molecule has 1 rings (SSSR count). The summed E-state index contributed by atoms with van der Waals surface area (Å²) in [6.07, 6.45) is -2.25. The molecule has 0 aliphatic heterocycles. The first kappa shape index (κ1) is 14.1. The zero-order chi connectivity index (χ0) is 13.3. The smallest absolute Gasteiger partial charge is 0.200 e. The number of hydrogen-bond acceptors (Lipinski definition) is 1. The second-order valence-electron chi connectivity index (χ2n) is 3.22. The molecule has 0 spiro atoms. The molecule has 0 radical (unpaired) electrons. The second kappa shape index (κ2) is 5.14. The van der Waals surface area contributed by atoms with Gasteiger partial charge in [-0.1, -0.05) is 22.5 Å². The highest BCUT2D eigenvalue weighted by Gasteiger charge is 2.29. The standard InChI is InChI=1S/C10H6BrF5O/c1-3(11)2-4(17)5-6(12)8(14)10(16)9(15)7(5)13/h4,17H,1-2H2. The monoisotopic (exact) mass is 316 g/mol. The van der Waals surface area contributed by atoms with E-state index in [-0.39, 0.29) is 10.9 Å². The third-order valence-corrected chi connectivity index (χ3v) is 2.32. The van der Waals surface area contributed by atoms with E-state index in [0.29, 0.717) is 0 Å². The van der Waals surface area contributed by atoms with Crippen molar-refractivity contribution in [3.05, 3.63) is 45.7 Å². The lowest BCUT2D eigenvalue weighted by Crippen LogP contribution is -2.11. The zero-order valence-electron chi connectivity index (χ0n) is 8.21. The van der Waals surface area contributed by atoms with Gasteiger partial charge in [-0.05, 0) is 4.48 Å². The summed E-state index contributed by atoms with van der Waals surface area (Å²) in [5.41, 5.74) is -1.26. The molecule has 0 amide bonds. The minimum Gasteiger partial charge on any atom is -0.388 e. The molecule has 0 aliphatic rings. The molecule has 0 heterocycles. The Morgan fingerprint density at radius 2 is 1.35 bits per heavy atom. The topological polar surface area (TPSA) is 20.2 Å². The third kappa shape index (κ3) is 2.66. The van der Waals surface area contributed by atoms with Crippen LogP contribution in [0.1, 0.15) is 18.1 Å². The molecule has 1 nitrogen and oxygen atoms in total. The van der Waals surface area contributed by atoms with Crippen LogP contribution >= 0.6 is 15.9 Å². The van der Waals surface area contributed by atoms with E-state index < -0.39 is 40.8 Å². The van der Waals surface area contributed by atoms with Crippen molar-refractivity contribution in [3.8, 4) is 0 Å². The second-order valence-corrected chi connectivity index (χ2v) is 4.34. The molecule has 0 saturated heterocycles. The van der Waals surface area contributed by atoms with Crippen LogP contribution in [0.2, 0.25) is 0 Å². The van der Waals surface area contributed by atoms with Crippen molar-refractivity contribution in [1.82, 2.24) is 0 Å². The van der Waals surface area contributed by atoms with Crippen molar-refractivity contribution >= 4 is 15.9 Å². The van der Waals surface area contributed by atoms with Crippen LogP contribution in [0.5, 0.6) is 0 Å². The molecule has 0 saturated carbocycles. The number of rotatable bonds is 3. The van der Waals surface area contributed by atoms with Crippen molar-refractivity contribution in [1.29, 1.82) is 0 Å². The highest BCUT2D eigenvalue weighted by Crippen LogP contribution is 2.31. The summed E-state index contributed by atoms with van der Waals surface area (Å²) >= 11 is 2.81. The number of benzene rings is 1. The Morgan fingerprint density at radius 3 is 1.71 bits per heavy atom. The van der Waals surface area contributed by atoms with E-state index in [9.17, 15) is 27.1 Å². The van der Waals surface area contributed by atoms with E-state index in [1.165, 1.54) is 0 Å². The predicted molar refractivity (Wildman–Crippen MR) is 53.9 cm³/mol. The van der Waals surface area contributed by atoms with E-state index in [4.69, 9.17) is 0 Å². The number of aliphatic hydroxyl groups is 1. The van der Waals surface area contributed by atoms with Crippen molar-refractivity contribution in [3.63, 3.8) is 0 Å². The van der Waals surface area contributed by atoms with Gasteiger partial charge in [0.25, 0.3) is 0 Å². The van der Waals surface area contributed by atoms with Gasteiger partial charge in [-0.25, -0.2) is 22.0 Å². The van der Waals surface area contributed by atoms with Crippen LogP contribution in [0.25, 0.3) is 0 Å². The molecular weight excluding hydrogens is 311 g/mol. The summed E-state index contributed by atoms with van der Waals surface area (Å²) in [7, 11) is 0. The Balaban J connectivity index is 3.38. The van der Waals surface area contributed by atoms with Gasteiger partial charge in [0.2, 0.25) is 5.82 Å². The maximum absolute atomic E-state index is 13.2. The van der Waals surface area contributed by atoms with Gasteiger partial charge in [-0.3, -0.25) is 0 Å². The van der Waals surface area contributed by atoms with Crippen LogP contribution in [0.4, 0.5) is 22.0 Å². The average Bonchev–Trinajstić information content (AvgIpc) is 2.23. The summed E-state index contributed by atoms with van der Waals surface area (Å²) in [5, 5.41) is 9.37. The molecule has 1 aromatic carbocycles. The Morgan fingerprint density at radius 1 is 1.00 bits per heavy atom. The maximum atomic E-state index is 13.2. The first-order valence-corrected chi connectivity index (χ1v) is 5.09. The summed E-state index contributed by atoms with van der Waals surface area (Å²) in [4.78, 5) is 0. The van der Waals surface area contributed by atoms with Crippen molar-refractivity contribution < 1.29 is 27.1 Å². The molecule has 17 heavy (non-hydrogen) atoms. The van der Waals surface area contributed by atoms with Gasteiger partial charge in [-0.15, -0.1) is 0 Å². The summed E-state index contributed by atoms with van der Waals surface area (Å²) in [5.74, 6) is -10.5. The minimum absolute atomic E-state index is 0.161. The van der Waals surface area contributed by atoms with E-state index >= 15 is 0 Å². The van der Waals surface area contributed by atoms with Gasteiger partial charge in [0.1, 0.15) is 0 Å². The number of hydrogen-bond donors (Lipinski definition) is 1. The van der Waals surface area contributed by atoms with E-state index in [2.05, 4.69) is 22.5 Å². The molecular formula is C10H6BrF5O. The molecule has 7 heteroatoms. The summed E-state index contributed by atoms with van der Waals surface area (Å²) in [6, 6.07) is 0. The van der Waals surface area contributed by atoms with Crippen LogP contribution in [-0.4, -0.2) is 5.11 Å². The first-order valence-electron chi connectivity index (χ1n) is 4.30. The van der Waals surface area contributed by atoms with E-state index in [1.807, 2.05) is 0 Å². The molecule has 1 N–H and O–H groups in total. The number of halogens is 6. The Labute approximate surface area is 102 Å². The fourth-order valence-corrected chi connectivity index (χ4v) is 1.53. The quantitative estimate of drug-likeness (QED) is 0.512. The fraction of sp³-hybridized carbons (Fsp3) is 0.200. The van der Waals surface area contributed by atoms with Crippen LogP contribution in [0.15, 0.2) is 11.1 Å². The molecule has 0 bridgehead atoms. The van der Waals surface area contributed by atoms with Crippen LogP contribution in [0.3, 0.4) is 0 Å². The summed E-state index contributed by atoms with van der Waals surface area (Å²) in [6.45, 7) is 3.29. The van der Waals surface area contributed by atoms with Gasteiger partial charge < -0.3 is 5.11 Å². The van der Waals surface area contributed by atoms with Gasteiger partial charge in [-0.2, -0.15) is 0 Å². The van der Waals surface area contributed by atoms with Crippen molar-refractivity contribution in [2.24, 2.45) is 0 Å². The van der Waals surface area contributed by atoms with Gasteiger partial charge in [0.05, 0.1) is 11.7 Å². The fourth-order valence-electron chi connectivity index (χ4n) is 1.23. The largest absolute Gasteiger partial charge is 0.388 e.